The number of hydrogen-bond acceptors (Lipinski definition) is 2. The normalized spacial score (nSPS) is 22.4. The second kappa shape index (κ2) is 6.89. The zero-order valence-electron chi connectivity index (χ0n) is 10.6. The van der Waals surface area contributed by atoms with Crippen molar-refractivity contribution in [3.05, 3.63) is 0 Å². The molecule has 0 aromatic carbocycles. The molecular formula is C13H25NO2. The standard InChI is InChI=1S/C13H25NO2/c1-3-5-6-12(4-2)13(16)14-8-7-11(9-14)10-15/h11-12,15H,3-10H2,1-2H3/t11-,12-/m0/s1. The Balaban J connectivity index is 2.42. The molecule has 1 fully saturated rings. The van der Waals surface area contributed by atoms with Gasteiger partial charge in [-0.15, -0.1) is 0 Å². The number of amides is 1. The third kappa shape index (κ3) is 3.48. The van der Waals surface area contributed by atoms with Gasteiger partial charge in [-0.05, 0) is 19.3 Å². The highest BCUT2D eigenvalue weighted by Gasteiger charge is 2.29. The summed E-state index contributed by atoms with van der Waals surface area (Å²) < 4.78 is 0. The number of aliphatic hydroxyl groups excluding tert-OH is 1. The molecule has 0 bridgehead atoms. The van der Waals surface area contributed by atoms with Crippen molar-refractivity contribution in [3.63, 3.8) is 0 Å². The second-order valence-corrected chi connectivity index (χ2v) is 4.87. The quantitative estimate of drug-likeness (QED) is 0.754. The fourth-order valence-corrected chi connectivity index (χ4v) is 2.39. The Hall–Kier alpha value is -0.570. The molecule has 0 aromatic heterocycles. The Morgan fingerprint density at radius 3 is 2.75 bits per heavy atom. The van der Waals surface area contributed by atoms with Crippen molar-refractivity contribution in [2.45, 2.75) is 46.0 Å². The summed E-state index contributed by atoms with van der Waals surface area (Å²) in [6.45, 7) is 6.08. The van der Waals surface area contributed by atoms with Gasteiger partial charge in [0.2, 0.25) is 5.91 Å². The molecule has 1 N–H and O–H groups in total. The van der Waals surface area contributed by atoms with Gasteiger partial charge >= 0.3 is 0 Å². The Kier molecular flexibility index (Phi) is 5.81. The number of aliphatic hydroxyl groups is 1. The van der Waals surface area contributed by atoms with Crippen LogP contribution in [0.15, 0.2) is 0 Å². The fraction of sp³-hybridized carbons (Fsp3) is 0.923. The number of nitrogens with zero attached hydrogens (tertiary/aromatic N) is 1. The molecule has 3 nitrogen and oxygen atoms in total. The van der Waals surface area contributed by atoms with E-state index in [1.54, 1.807) is 0 Å². The molecule has 94 valence electrons. The monoisotopic (exact) mass is 227 g/mol. The maximum Gasteiger partial charge on any atom is 0.225 e. The number of carbonyl (C=O) groups excluding carboxylic acids is 1. The summed E-state index contributed by atoms with van der Waals surface area (Å²) in [5.74, 6) is 0.830. The van der Waals surface area contributed by atoms with Crippen LogP contribution in [0.2, 0.25) is 0 Å². The van der Waals surface area contributed by atoms with Crippen LogP contribution < -0.4 is 0 Å². The van der Waals surface area contributed by atoms with Crippen LogP contribution in [0.4, 0.5) is 0 Å². The van der Waals surface area contributed by atoms with Crippen molar-refractivity contribution in [3.8, 4) is 0 Å². The maximum absolute atomic E-state index is 12.2. The van der Waals surface area contributed by atoms with Crippen LogP contribution in [0.25, 0.3) is 0 Å². The van der Waals surface area contributed by atoms with Crippen LogP contribution in [0.3, 0.4) is 0 Å². The van der Waals surface area contributed by atoms with Gasteiger partial charge in [0.05, 0.1) is 0 Å². The first-order valence-electron chi connectivity index (χ1n) is 6.62. The van der Waals surface area contributed by atoms with E-state index in [1.807, 2.05) is 4.90 Å². The summed E-state index contributed by atoms with van der Waals surface area (Å²) in [5.41, 5.74) is 0. The van der Waals surface area contributed by atoms with Crippen molar-refractivity contribution in [1.82, 2.24) is 4.90 Å². The summed E-state index contributed by atoms with van der Waals surface area (Å²) in [5, 5.41) is 9.06. The highest BCUT2D eigenvalue weighted by atomic mass is 16.3. The van der Waals surface area contributed by atoms with Crippen LogP contribution in [-0.4, -0.2) is 35.6 Å². The average Bonchev–Trinajstić information content (AvgIpc) is 2.78. The van der Waals surface area contributed by atoms with Gasteiger partial charge in [0, 0.05) is 31.5 Å². The predicted molar refractivity (Wildman–Crippen MR) is 65.1 cm³/mol. The van der Waals surface area contributed by atoms with Crippen molar-refractivity contribution in [2.24, 2.45) is 11.8 Å². The highest BCUT2D eigenvalue weighted by Crippen LogP contribution is 2.21. The van der Waals surface area contributed by atoms with E-state index in [2.05, 4.69) is 13.8 Å². The van der Waals surface area contributed by atoms with Gasteiger partial charge in [-0.2, -0.15) is 0 Å². The van der Waals surface area contributed by atoms with E-state index in [0.29, 0.717) is 11.8 Å². The van der Waals surface area contributed by atoms with Crippen molar-refractivity contribution in [2.75, 3.05) is 19.7 Å². The van der Waals surface area contributed by atoms with Crippen LogP contribution in [0.1, 0.15) is 46.0 Å². The Morgan fingerprint density at radius 2 is 2.25 bits per heavy atom. The molecule has 1 heterocycles. The fourth-order valence-electron chi connectivity index (χ4n) is 2.39. The molecule has 1 aliphatic heterocycles. The number of likely N-dealkylation sites (tertiary alicyclic amines) is 1. The van der Waals surface area contributed by atoms with Gasteiger partial charge in [-0.3, -0.25) is 4.79 Å². The smallest absolute Gasteiger partial charge is 0.225 e. The lowest BCUT2D eigenvalue weighted by atomic mass is 9.98. The van der Waals surface area contributed by atoms with Crippen molar-refractivity contribution >= 4 is 5.91 Å². The summed E-state index contributed by atoms with van der Waals surface area (Å²) in [6.07, 6.45) is 5.22. The molecule has 2 atom stereocenters. The van der Waals surface area contributed by atoms with Crippen LogP contribution in [0, 0.1) is 11.8 Å². The molecule has 0 radical (unpaired) electrons. The zero-order chi connectivity index (χ0) is 12.0. The topological polar surface area (TPSA) is 40.5 Å². The Labute approximate surface area is 98.8 Å². The number of hydrogen-bond donors (Lipinski definition) is 1. The third-order valence-electron chi connectivity index (χ3n) is 3.60. The van der Waals surface area contributed by atoms with E-state index in [9.17, 15) is 4.79 Å². The molecule has 1 amide bonds. The van der Waals surface area contributed by atoms with E-state index in [-0.39, 0.29) is 12.5 Å². The number of rotatable bonds is 6. The van der Waals surface area contributed by atoms with Gasteiger partial charge in [0.1, 0.15) is 0 Å². The lowest BCUT2D eigenvalue weighted by molar-refractivity contribution is -0.135. The van der Waals surface area contributed by atoms with E-state index in [0.717, 1.165) is 45.2 Å². The number of carbonyl (C=O) groups is 1. The molecule has 16 heavy (non-hydrogen) atoms. The van der Waals surface area contributed by atoms with E-state index in [4.69, 9.17) is 5.11 Å². The Bertz CT molecular complexity index is 214. The minimum atomic E-state index is 0.206. The molecule has 1 rings (SSSR count). The largest absolute Gasteiger partial charge is 0.396 e. The summed E-state index contributed by atoms with van der Waals surface area (Å²) in [4.78, 5) is 14.1. The molecule has 0 spiro atoms. The van der Waals surface area contributed by atoms with E-state index >= 15 is 0 Å². The van der Waals surface area contributed by atoms with Crippen molar-refractivity contribution < 1.29 is 9.90 Å². The van der Waals surface area contributed by atoms with Crippen LogP contribution >= 0.6 is 0 Å². The van der Waals surface area contributed by atoms with Gasteiger partial charge < -0.3 is 10.0 Å². The molecule has 0 unspecified atom stereocenters. The third-order valence-corrected chi connectivity index (χ3v) is 3.60. The second-order valence-electron chi connectivity index (χ2n) is 4.87. The number of unbranched alkanes of at least 4 members (excludes halogenated alkanes) is 1. The predicted octanol–water partition coefficient (Wildman–Crippen LogP) is 2.04. The van der Waals surface area contributed by atoms with Crippen LogP contribution in [-0.2, 0) is 4.79 Å². The molecule has 1 saturated heterocycles. The molecular weight excluding hydrogens is 202 g/mol. The average molecular weight is 227 g/mol. The van der Waals surface area contributed by atoms with Gasteiger partial charge in [-0.25, -0.2) is 0 Å². The molecule has 0 aliphatic carbocycles. The summed E-state index contributed by atoms with van der Waals surface area (Å²) in [7, 11) is 0. The summed E-state index contributed by atoms with van der Waals surface area (Å²) >= 11 is 0. The first kappa shape index (κ1) is 13.5. The molecule has 0 aromatic rings. The van der Waals surface area contributed by atoms with Gasteiger partial charge in [-0.1, -0.05) is 26.7 Å². The van der Waals surface area contributed by atoms with Crippen molar-refractivity contribution in [1.29, 1.82) is 0 Å². The van der Waals surface area contributed by atoms with Gasteiger partial charge in [0.15, 0.2) is 0 Å². The minimum Gasteiger partial charge on any atom is -0.396 e. The highest BCUT2D eigenvalue weighted by molar-refractivity contribution is 5.79. The molecule has 0 saturated carbocycles. The lowest BCUT2D eigenvalue weighted by Gasteiger charge is -2.22. The lowest BCUT2D eigenvalue weighted by Crippen LogP contribution is -2.34. The van der Waals surface area contributed by atoms with E-state index < -0.39 is 0 Å². The first-order chi connectivity index (χ1) is 7.72. The summed E-state index contributed by atoms with van der Waals surface area (Å²) in [6, 6.07) is 0. The Morgan fingerprint density at radius 1 is 1.50 bits per heavy atom. The van der Waals surface area contributed by atoms with Crippen LogP contribution in [0.5, 0.6) is 0 Å². The zero-order valence-corrected chi connectivity index (χ0v) is 10.6. The molecule has 3 heteroatoms. The van der Waals surface area contributed by atoms with E-state index in [1.165, 1.54) is 0 Å². The molecule has 1 aliphatic rings. The maximum atomic E-state index is 12.2. The minimum absolute atomic E-state index is 0.206. The van der Waals surface area contributed by atoms with Gasteiger partial charge in [0.25, 0.3) is 0 Å². The first-order valence-corrected chi connectivity index (χ1v) is 6.62. The SMILES string of the molecule is CCCC[C@H](CC)C(=O)N1CC[C@H](CO)C1.